The van der Waals surface area contributed by atoms with Crippen molar-refractivity contribution in [3.63, 3.8) is 0 Å². The summed E-state index contributed by atoms with van der Waals surface area (Å²) in [6.45, 7) is 6.54. The molecule has 0 spiro atoms. The van der Waals surface area contributed by atoms with Gasteiger partial charge in [-0.3, -0.25) is 9.48 Å². The maximum absolute atomic E-state index is 13.0. The first-order chi connectivity index (χ1) is 15.4. The van der Waals surface area contributed by atoms with Gasteiger partial charge in [0.2, 0.25) is 0 Å². The molecule has 7 nitrogen and oxygen atoms in total. The first-order valence-electron chi connectivity index (χ1n) is 10.1. The number of benzene rings is 2. The maximum Gasteiger partial charge on any atom is 0.278 e. The number of rotatable bonds is 7. The molecule has 0 unspecified atom stereocenters. The van der Waals surface area contributed by atoms with Gasteiger partial charge in [-0.25, -0.2) is 0 Å². The van der Waals surface area contributed by atoms with Gasteiger partial charge in [-0.2, -0.15) is 5.10 Å². The highest BCUT2D eigenvalue weighted by molar-refractivity contribution is 9.10. The van der Waals surface area contributed by atoms with Gasteiger partial charge in [0.05, 0.1) is 22.8 Å². The van der Waals surface area contributed by atoms with Gasteiger partial charge in [-0.15, -0.1) is 0 Å². The zero-order valence-electron chi connectivity index (χ0n) is 18.1. The van der Waals surface area contributed by atoms with E-state index >= 15 is 0 Å². The van der Waals surface area contributed by atoms with Crippen molar-refractivity contribution in [3.8, 4) is 5.75 Å². The van der Waals surface area contributed by atoms with Crippen LogP contribution in [0.5, 0.6) is 5.75 Å². The fraction of sp³-hybridized carbons (Fsp3) is 0.208. The van der Waals surface area contributed by atoms with Crippen molar-refractivity contribution in [2.24, 2.45) is 0 Å². The third-order valence-corrected chi connectivity index (χ3v) is 5.51. The number of para-hydroxylation sites is 1. The number of ether oxygens (including phenoxy) is 1. The summed E-state index contributed by atoms with van der Waals surface area (Å²) in [5.41, 5.74) is 4.59. The van der Waals surface area contributed by atoms with Gasteiger partial charge in [0.25, 0.3) is 5.91 Å². The summed E-state index contributed by atoms with van der Waals surface area (Å²) in [6.07, 6.45) is 3.63. The molecule has 1 amide bonds. The molecule has 1 N–H and O–H groups in total. The van der Waals surface area contributed by atoms with E-state index in [9.17, 15) is 4.79 Å². The quantitative estimate of drug-likeness (QED) is 0.369. The van der Waals surface area contributed by atoms with E-state index in [2.05, 4.69) is 31.5 Å². The summed E-state index contributed by atoms with van der Waals surface area (Å²) in [6, 6.07) is 13.6. The Labute approximate surface area is 194 Å². The number of nitrogens with one attached hydrogen (secondary N) is 1. The van der Waals surface area contributed by atoms with Gasteiger partial charge in [0, 0.05) is 11.9 Å². The third-order valence-electron chi connectivity index (χ3n) is 5.10. The number of amides is 1. The molecule has 2 aromatic heterocycles. The lowest BCUT2D eigenvalue weighted by Gasteiger charge is -2.12. The number of anilines is 1. The van der Waals surface area contributed by atoms with Crippen LogP contribution >= 0.6 is 15.9 Å². The predicted octanol–water partition coefficient (Wildman–Crippen LogP) is 5.44. The van der Waals surface area contributed by atoms with Crippen LogP contribution in [0.4, 0.5) is 5.69 Å². The van der Waals surface area contributed by atoms with Crippen molar-refractivity contribution >= 4 is 27.5 Å². The smallest absolute Gasteiger partial charge is 0.278 e. The molecule has 0 saturated carbocycles. The highest BCUT2D eigenvalue weighted by Gasteiger charge is 2.21. The summed E-state index contributed by atoms with van der Waals surface area (Å²) in [5.74, 6) is 1.01. The molecule has 0 saturated heterocycles. The Kier molecular flexibility index (Phi) is 6.41. The Morgan fingerprint density at radius 3 is 2.62 bits per heavy atom. The SMILES string of the molecule is Cc1cccc(C)c1OCc1c(C(=O)Nc2cccc(Cn3cc(Br)cn3)c2)noc1C. The number of aromatic nitrogens is 3. The molecule has 2 aromatic carbocycles. The average molecular weight is 495 g/mol. The van der Waals surface area contributed by atoms with Crippen LogP contribution in [0.15, 0.2) is 63.9 Å². The summed E-state index contributed by atoms with van der Waals surface area (Å²) < 4.78 is 14.1. The molecule has 0 radical (unpaired) electrons. The van der Waals surface area contributed by atoms with Crippen molar-refractivity contribution in [3.05, 3.63) is 93.0 Å². The monoisotopic (exact) mass is 494 g/mol. The van der Waals surface area contributed by atoms with E-state index in [0.717, 1.165) is 26.9 Å². The Hall–Kier alpha value is -3.39. The molecule has 4 rings (SSSR count). The number of nitrogens with zero attached hydrogens (tertiary/aromatic N) is 3. The highest BCUT2D eigenvalue weighted by atomic mass is 79.9. The largest absolute Gasteiger partial charge is 0.488 e. The van der Waals surface area contributed by atoms with E-state index in [-0.39, 0.29) is 18.2 Å². The molecule has 8 heteroatoms. The number of halogens is 1. The Morgan fingerprint density at radius 2 is 1.91 bits per heavy atom. The molecule has 164 valence electrons. The fourth-order valence-corrected chi connectivity index (χ4v) is 3.79. The molecule has 2 heterocycles. The molecule has 0 aliphatic carbocycles. The number of carbonyl (C=O) groups is 1. The first kappa shape index (κ1) is 21.8. The molecular formula is C24H23BrN4O3. The van der Waals surface area contributed by atoms with Crippen LogP contribution in [0.3, 0.4) is 0 Å². The van der Waals surface area contributed by atoms with Crippen LogP contribution in [0.2, 0.25) is 0 Å². The number of carbonyl (C=O) groups excluding carboxylic acids is 1. The van der Waals surface area contributed by atoms with E-state index in [1.807, 2.05) is 67.2 Å². The minimum atomic E-state index is -0.346. The van der Waals surface area contributed by atoms with Crippen LogP contribution in [0.25, 0.3) is 0 Å². The third kappa shape index (κ3) is 4.91. The van der Waals surface area contributed by atoms with Gasteiger partial charge < -0.3 is 14.6 Å². The second-order valence-electron chi connectivity index (χ2n) is 7.59. The van der Waals surface area contributed by atoms with Gasteiger partial charge >= 0.3 is 0 Å². The fourth-order valence-electron chi connectivity index (χ4n) is 3.46. The molecule has 0 bridgehead atoms. The van der Waals surface area contributed by atoms with Crippen LogP contribution in [0, 0.1) is 20.8 Å². The lowest BCUT2D eigenvalue weighted by Crippen LogP contribution is -2.16. The predicted molar refractivity (Wildman–Crippen MR) is 125 cm³/mol. The van der Waals surface area contributed by atoms with Crippen LogP contribution in [-0.4, -0.2) is 20.8 Å². The lowest BCUT2D eigenvalue weighted by molar-refractivity contribution is 0.101. The molecule has 0 aliphatic rings. The number of hydrogen-bond acceptors (Lipinski definition) is 5. The molecule has 0 aliphatic heterocycles. The topological polar surface area (TPSA) is 82.2 Å². The lowest BCUT2D eigenvalue weighted by atomic mass is 10.1. The van der Waals surface area contributed by atoms with E-state index in [0.29, 0.717) is 23.6 Å². The van der Waals surface area contributed by atoms with Gasteiger partial charge in [0.15, 0.2) is 5.69 Å². The number of aryl methyl sites for hydroxylation is 3. The van der Waals surface area contributed by atoms with Crippen LogP contribution in [-0.2, 0) is 13.2 Å². The zero-order chi connectivity index (χ0) is 22.7. The summed E-state index contributed by atoms with van der Waals surface area (Å²) in [4.78, 5) is 13.0. The van der Waals surface area contributed by atoms with E-state index in [4.69, 9.17) is 9.26 Å². The van der Waals surface area contributed by atoms with Gasteiger partial charge in [-0.05, 0) is 65.5 Å². The maximum atomic E-state index is 13.0. The molecule has 32 heavy (non-hydrogen) atoms. The highest BCUT2D eigenvalue weighted by Crippen LogP contribution is 2.25. The summed E-state index contributed by atoms with van der Waals surface area (Å²) in [5, 5.41) is 11.2. The Bertz CT molecular complexity index is 1240. The van der Waals surface area contributed by atoms with Gasteiger partial charge in [-0.1, -0.05) is 35.5 Å². The molecule has 4 aromatic rings. The average Bonchev–Trinajstić information content (AvgIpc) is 3.33. The zero-order valence-corrected chi connectivity index (χ0v) is 19.6. The summed E-state index contributed by atoms with van der Waals surface area (Å²) in [7, 11) is 0. The normalized spacial score (nSPS) is 10.9. The molecule has 0 atom stereocenters. The van der Waals surface area contributed by atoms with Crippen LogP contribution in [0.1, 0.15) is 38.5 Å². The Morgan fingerprint density at radius 1 is 1.16 bits per heavy atom. The second kappa shape index (κ2) is 9.40. The minimum absolute atomic E-state index is 0.192. The van der Waals surface area contributed by atoms with Crippen molar-refractivity contribution in [2.75, 3.05) is 5.32 Å². The number of hydrogen-bond donors (Lipinski definition) is 1. The molecule has 0 fully saturated rings. The van der Waals surface area contributed by atoms with Crippen molar-refractivity contribution < 1.29 is 14.1 Å². The summed E-state index contributed by atoms with van der Waals surface area (Å²) >= 11 is 3.40. The Balaban J connectivity index is 1.48. The van der Waals surface area contributed by atoms with Crippen molar-refractivity contribution in [2.45, 2.75) is 33.9 Å². The van der Waals surface area contributed by atoms with E-state index < -0.39 is 0 Å². The van der Waals surface area contributed by atoms with Crippen molar-refractivity contribution in [1.82, 2.24) is 14.9 Å². The molecular weight excluding hydrogens is 472 g/mol. The van der Waals surface area contributed by atoms with Gasteiger partial charge in [0.1, 0.15) is 18.1 Å². The van der Waals surface area contributed by atoms with Crippen molar-refractivity contribution in [1.29, 1.82) is 0 Å². The van der Waals surface area contributed by atoms with Crippen LogP contribution < -0.4 is 10.1 Å². The standard InChI is InChI=1S/C24H23BrN4O3/c1-15-6-4-7-16(2)23(15)31-14-21-17(3)32-28-22(21)24(30)27-20-9-5-8-18(10-20)12-29-13-19(25)11-26-29/h4-11,13H,12,14H2,1-3H3,(H,27,30). The second-order valence-corrected chi connectivity index (χ2v) is 8.50. The van der Waals surface area contributed by atoms with E-state index in [1.54, 1.807) is 13.1 Å². The van der Waals surface area contributed by atoms with E-state index in [1.165, 1.54) is 0 Å². The first-order valence-corrected chi connectivity index (χ1v) is 10.9. The minimum Gasteiger partial charge on any atom is -0.488 e.